The lowest BCUT2D eigenvalue weighted by atomic mass is 9.79. The van der Waals surface area contributed by atoms with Crippen LogP contribution in [-0.2, 0) is 15.1 Å². The largest absolute Gasteiger partial charge is 0.385 e. The number of aryl methyl sites for hydroxylation is 1. The molecule has 0 spiro atoms. The highest BCUT2D eigenvalue weighted by Crippen LogP contribution is 2.40. The van der Waals surface area contributed by atoms with Crippen molar-refractivity contribution in [3.05, 3.63) is 59.4 Å². The van der Waals surface area contributed by atoms with Gasteiger partial charge in [-0.2, -0.15) is 0 Å². The Hall–Kier alpha value is -1.79. The summed E-state index contributed by atoms with van der Waals surface area (Å²) < 4.78 is 26.1. The van der Waals surface area contributed by atoms with Crippen molar-refractivity contribution in [3.63, 3.8) is 0 Å². The van der Waals surface area contributed by atoms with Crippen molar-refractivity contribution < 1.29 is 19.0 Å². The highest BCUT2D eigenvalue weighted by Gasteiger charge is 2.42. The summed E-state index contributed by atoms with van der Waals surface area (Å²) in [5.74, 6) is -0.331. The van der Waals surface area contributed by atoms with Gasteiger partial charge in [-0.05, 0) is 43.4 Å². The van der Waals surface area contributed by atoms with Crippen molar-refractivity contribution in [2.24, 2.45) is 0 Å². The normalized spacial score (nSPS) is 19.4. The minimum Gasteiger partial charge on any atom is -0.385 e. The van der Waals surface area contributed by atoms with Crippen LogP contribution in [0.15, 0.2) is 42.5 Å². The van der Waals surface area contributed by atoms with Crippen molar-refractivity contribution in [1.29, 1.82) is 0 Å². The number of aliphatic hydroxyl groups is 1. The number of ether oxygens (including phenoxy) is 2. The van der Waals surface area contributed by atoms with Crippen LogP contribution in [0.2, 0.25) is 0 Å². The summed E-state index contributed by atoms with van der Waals surface area (Å²) in [6, 6.07) is 12.7. The van der Waals surface area contributed by atoms with Gasteiger partial charge in [0.1, 0.15) is 17.5 Å². The van der Waals surface area contributed by atoms with Gasteiger partial charge in [0.2, 0.25) is 0 Å². The Balaban J connectivity index is 2.05. The second kappa shape index (κ2) is 9.61. The van der Waals surface area contributed by atoms with Crippen molar-refractivity contribution in [1.82, 2.24) is 5.32 Å². The molecule has 4 nitrogen and oxygen atoms in total. The predicted molar refractivity (Wildman–Crippen MR) is 109 cm³/mol. The Morgan fingerprint density at radius 1 is 1.25 bits per heavy atom. The van der Waals surface area contributed by atoms with Gasteiger partial charge in [-0.25, -0.2) is 4.39 Å². The molecule has 1 saturated heterocycles. The monoisotopic (exact) mass is 387 g/mol. The molecule has 0 bridgehead atoms. The highest BCUT2D eigenvalue weighted by molar-refractivity contribution is 5.70. The third kappa shape index (κ3) is 4.61. The lowest BCUT2D eigenvalue weighted by molar-refractivity contribution is -0.129. The van der Waals surface area contributed by atoms with Crippen LogP contribution in [0.3, 0.4) is 0 Å². The molecule has 0 radical (unpaired) electrons. The summed E-state index contributed by atoms with van der Waals surface area (Å²) in [5.41, 5.74) is 1.57. The van der Waals surface area contributed by atoms with Gasteiger partial charge >= 0.3 is 0 Å². The molecule has 0 aliphatic carbocycles. The van der Waals surface area contributed by atoms with Gasteiger partial charge < -0.3 is 19.9 Å². The molecule has 3 rings (SSSR count). The average Bonchev–Trinajstić information content (AvgIpc) is 2.71. The van der Waals surface area contributed by atoms with Gasteiger partial charge in [0.05, 0.1) is 6.61 Å². The zero-order valence-corrected chi connectivity index (χ0v) is 16.7. The van der Waals surface area contributed by atoms with Gasteiger partial charge in [0.15, 0.2) is 0 Å². The summed E-state index contributed by atoms with van der Waals surface area (Å²) in [6.07, 6.45) is 1.63. The van der Waals surface area contributed by atoms with Gasteiger partial charge in [0.25, 0.3) is 0 Å². The van der Waals surface area contributed by atoms with Gasteiger partial charge in [-0.15, -0.1) is 0 Å². The van der Waals surface area contributed by atoms with Gasteiger partial charge in [0, 0.05) is 32.4 Å². The topological polar surface area (TPSA) is 50.7 Å². The van der Waals surface area contributed by atoms with E-state index in [2.05, 4.69) is 5.32 Å². The molecule has 1 unspecified atom stereocenters. The van der Waals surface area contributed by atoms with Crippen LogP contribution in [0.5, 0.6) is 0 Å². The molecule has 2 aromatic rings. The fourth-order valence-electron chi connectivity index (χ4n) is 3.96. The summed E-state index contributed by atoms with van der Waals surface area (Å²) in [6.45, 7) is 4.43. The van der Waals surface area contributed by atoms with E-state index >= 15 is 4.39 Å². The Morgan fingerprint density at radius 2 is 2.07 bits per heavy atom. The third-order valence-electron chi connectivity index (χ3n) is 5.40. The van der Waals surface area contributed by atoms with Crippen LogP contribution in [0, 0.1) is 12.7 Å². The maximum Gasteiger partial charge on any atom is 0.131 e. The van der Waals surface area contributed by atoms with Crippen LogP contribution in [-0.4, -0.2) is 44.6 Å². The fourth-order valence-corrected chi connectivity index (χ4v) is 3.96. The molecule has 152 valence electrons. The van der Waals surface area contributed by atoms with Crippen LogP contribution < -0.4 is 5.32 Å². The molecule has 0 saturated carbocycles. The molecule has 0 amide bonds. The van der Waals surface area contributed by atoms with E-state index in [0.29, 0.717) is 37.3 Å². The molecule has 5 heteroatoms. The lowest BCUT2D eigenvalue weighted by Crippen LogP contribution is -2.51. The molecule has 1 aliphatic rings. The average molecular weight is 387 g/mol. The van der Waals surface area contributed by atoms with Crippen molar-refractivity contribution in [2.75, 3.05) is 33.4 Å². The number of rotatable bonds is 8. The number of methoxy groups -OCH3 is 1. The van der Waals surface area contributed by atoms with E-state index in [4.69, 9.17) is 9.47 Å². The minimum absolute atomic E-state index is 0.331. The molecular weight excluding hydrogens is 357 g/mol. The van der Waals surface area contributed by atoms with Crippen molar-refractivity contribution in [3.8, 4) is 11.1 Å². The molecule has 1 fully saturated rings. The predicted octanol–water partition coefficient (Wildman–Crippen LogP) is 3.79. The number of morpholine rings is 1. The summed E-state index contributed by atoms with van der Waals surface area (Å²) in [5, 5.41) is 15.2. The first kappa shape index (κ1) is 20.9. The number of halogens is 1. The number of nitrogens with one attached hydrogen (secondary N) is 1. The second-order valence-corrected chi connectivity index (χ2v) is 7.47. The zero-order valence-electron chi connectivity index (χ0n) is 16.7. The standard InChI is InChI=1S/C23H30FNO3/c1-17-7-5-8-18(15-17)22-19(9-6-10-20(22)24)23(26,11-3-4-13-27-2)21-16-25-12-14-28-21/h5-10,15,21,25-26H,3-4,11-14,16H2,1-2H3/t21-,23?/m1/s1. The van der Waals surface area contributed by atoms with E-state index in [1.807, 2.05) is 37.3 Å². The molecule has 0 aromatic heterocycles. The first-order valence-corrected chi connectivity index (χ1v) is 9.96. The molecular formula is C23H30FNO3. The number of unbranched alkanes of at least 4 members (excludes halogenated alkanes) is 1. The maximum atomic E-state index is 15.0. The smallest absolute Gasteiger partial charge is 0.131 e. The molecule has 2 N–H and O–H groups in total. The van der Waals surface area contributed by atoms with E-state index in [-0.39, 0.29) is 5.82 Å². The van der Waals surface area contributed by atoms with E-state index < -0.39 is 11.7 Å². The Bertz CT molecular complexity index is 776. The van der Waals surface area contributed by atoms with Crippen LogP contribution in [0.1, 0.15) is 30.4 Å². The lowest BCUT2D eigenvalue weighted by Gasteiger charge is -2.40. The molecule has 2 aromatic carbocycles. The maximum absolute atomic E-state index is 15.0. The second-order valence-electron chi connectivity index (χ2n) is 7.47. The van der Waals surface area contributed by atoms with Gasteiger partial charge in [-0.1, -0.05) is 42.0 Å². The summed E-state index contributed by atoms with van der Waals surface area (Å²) in [4.78, 5) is 0. The first-order chi connectivity index (χ1) is 13.6. The Morgan fingerprint density at radius 3 is 2.79 bits per heavy atom. The number of hydrogen-bond donors (Lipinski definition) is 2. The van der Waals surface area contributed by atoms with Crippen LogP contribution >= 0.6 is 0 Å². The zero-order chi connectivity index (χ0) is 20.0. The third-order valence-corrected chi connectivity index (χ3v) is 5.40. The highest BCUT2D eigenvalue weighted by atomic mass is 19.1. The van der Waals surface area contributed by atoms with Crippen molar-refractivity contribution in [2.45, 2.75) is 37.9 Å². The summed E-state index contributed by atoms with van der Waals surface area (Å²) in [7, 11) is 1.67. The number of benzene rings is 2. The van der Waals surface area contributed by atoms with Crippen LogP contribution in [0.25, 0.3) is 11.1 Å². The SMILES string of the molecule is COCCCCC(O)(c1cccc(F)c1-c1cccc(C)c1)[C@H]1CNCCO1. The van der Waals surface area contributed by atoms with E-state index in [0.717, 1.165) is 30.5 Å². The molecule has 1 aliphatic heterocycles. The minimum atomic E-state index is -1.29. The fraction of sp³-hybridized carbons (Fsp3) is 0.478. The van der Waals surface area contributed by atoms with E-state index in [1.54, 1.807) is 13.2 Å². The Labute approximate surface area is 166 Å². The number of hydrogen-bond acceptors (Lipinski definition) is 4. The molecule has 1 heterocycles. The molecule has 28 heavy (non-hydrogen) atoms. The van der Waals surface area contributed by atoms with Crippen molar-refractivity contribution >= 4 is 0 Å². The van der Waals surface area contributed by atoms with E-state index in [1.165, 1.54) is 6.07 Å². The summed E-state index contributed by atoms with van der Waals surface area (Å²) >= 11 is 0. The Kier molecular flexibility index (Phi) is 7.18. The first-order valence-electron chi connectivity index (χ1n) is 9.96. The van der Waals surface area contributed by atoms with Crippen LogP contribution in [0.4, 0.5) is 4.39 Å². The van der Waals surface area contributed by atoms with Gasteiger partial charge in [-0.3, -0.25) is 0 Å². The quantitative estimate of drug-likeness (QED) is 0.677. The van der Waals surface area contributed by atoms with E-state index in [9.17, 15) is 5.11 Å². The molecule has 2 atom stereocenters.